The Hall–Kier alpha value is -1.05. The zero-order chi connectivity index (χ0) is 14.1. The molecule has 1 aromatic heterocycles. The van der Waals surface area contributed by atoms with E-state index in [1.165, 1.54) is 0 Å². The summed E-state index contributed by atoms with van der Waals surface area (Å²) < 4.78 is 6.22. The minimum atomic E-state index is 0.208. The summed E-state index contributed by atoms with van der Waals surface area (Å²) in [6.07, 6.45) is 0. The Labute approximate surface area is 130 Å². The van der Waals surface area contributed by atoms with Crippen molar-refractivity contribution in [3.8, 4) is 11.5 Å². The normalized spacial score (nSPS) is 20.2. The van der Waals surface area contributed by atoms with Gasteiger partial charge < -0.3 is 10.3 Å². The van der Waals surface area contributed by atoms with E-state index in [9.17, 15) is 0 Å². The highest BCUT2D eigenvalue weighted by Crippen LogP contribution is 2.32. The summed E-state index contributed by atoms with van der Waals surface area (Å²) in [5.41, 5.74) is 7.43. The highest BCUT2D eigenvalue weighted by molar-refractivity contribution is 9.10. The molecule has 1 aromatic carbocycles. The predicted molar refractivity (Wildman–Crippen MR) is 84.5 cm³/mol. The van der Waals surface area contributed by atoms with Crippen LogP contribution >= 0.6 is 27.7 Å². The molecule has 20 heavy (non-hydrogen) atoms. The molecule has 0 saturated carbocycles. The van der Waals surface area contributed by atoms with Crippen LogP contribution in [0.3, 0.4) is 0 Å². The molecule has 1 unspecified atom stereocenters. The smallest absolute Gasteiger partial charge is 0.260 e. The van der Waals surface area contributed by atoms with Crippen molar-refractivity contribution in [3.63, 3.8) is 0 Å². The second kappa shape index (κ2) is 5.75. The SMILES string of the molecule is CN1CCSCC1c1noc(-c2cccc(Br)c2N)n1. The van der Waals surface area contributed by atoms with Crippen LogP contribution in [0.25, 0.3) is 11.5 Å². The maximum atomic E-state index is 6.04. The van der Waals surface area contributed by atoms with Crippen molar-refractivity contribution >= 4 is 33.4 Å². The molecule has 0 bridgehead atoms. The second-order valence-electron chi connectivity index (χ2n) is 4.73. The van der Waals surface area contributed by atoms with Crippen LogP contribution in [0, 0.1) is 0 Å². The number of halogens is 1. The van der Waals surface area contributed by atoms with E-state index in [1.807, 2.05) is 30.0 Å². The molecule has 1 aliphatic heterocycles. The minimum absolute atomic E-state index is 0.208. The molecule has 1 aliphatic rings. The summed E-state index contributed by atoms with van der Waals surface area (Å²) in [6.45, 7) is 1.04. The van der Waals surface area contributed by atoms with Gasteiger partial charge in [-0.05, 0) is 35.1 Å². The van der Waals surface area contributed by atoms with E-state index in [0.717, 1.165) is 33.9 Å². The molecular formula is C13H15BrN4OS. The Morgan fingerprint density at radius 2 is 2.35 bits per heavy atom. The van der Waals surface area contributed by atoms with Gasteiger partial charge in [0, 0.05) is 22.5 Å². The summed E-state index contributed by atoms with van der Waals surface area (Å²) in [7, 11) is 2.09. The highest BCUT2D eigenvalue weighted by atomic mass is 79.9. The van der Waals surface area contributed by atoms with Gasteiger partial charge in [-0.2, -0.15) is 16.7 Å². The fourth-order valence-electron chi connectivity index (χ4n) is 2.16. The van der Waals surface area contributed by atoms with Gasteiger partial charge in [-0.25, -0.2) is 0 Å². The van der Waals surface area contributed by atoms with Crippen LogP contribution in [0.5, 0.6) is 0 Å². The average Bonchev–Trinajstić information content (AvgIpc) is 2.92. The van der Waals surface area contributed by atoms with E-state index in [-0.39, 0.29) is 6.04 Å². The average molecular weight is 355 g/mol. The van der Waals surface area contributed by atoms with E-state index < -0.39 is 0 Å². The zero-order valence-corrected chi connectivity index (χ0v) is 13.4. The first-order valence-electron chi connectivity index (χ1n) is 6.33. The molecule has 2 N–H and O–H groups in total. The predicted octanol–water partition coefficient (Wildman–Crippen LogP) is 2.80. The van der Waals surface area contributed by atoms with Crippen LogP contribution in [-0.4, -0.2) is 40.1 Å². The number of aromatic nitrogens is 2. The summed E-state index contributed by atoms with van der Waals surface area (Å²) in [6, 6.07) is 5.89. The van der Waals surface area contributed by atoms with Gasteiger partial charge in [0.25, 0.3) is 5.89 Å². The van der Waals surface area contributed by atoms with Crippen molar-refractivity contribution < 1.29 is 4.52 Å². The number of nitrogens with two attached hydrogens (primary N) is 1. The van der Waals surface area contributed by atoms with Crippen molar-refractivity contribution in [3.05, 3.63) is 28.5 Å². The number of nitrogen functional groups attached to an aromatic ring is 1. The lowest BCUT2D eigenvalue weighted by molar-refractivity contribution is 0.257. The first-order chi connectivity index (χ1) is 9.66. The number of rotatable bonds is 2. The third-order valence-electron chi connectivity index (χ3n) is 3.42. The third-order valence-corrected chi connectivity index (χ3v) is 5.13. The van der Waals surface area contributed by atoms with Crippen LogP contribution in [0.4, 0.5) is 5.69 Å². The zero-order valence-electron chi connectivity index (χ0n) is 11.0. The largest absolute Gasteiger partial charge is 0.397 e. The van der Waals surface area contributed by atoms with E-state index in [0.29, 0.717) is 11.6 Å². The van der Waals surface area contributed by atoms with Crippen LogP contribution < -0.4 is 5.73 Å². The Bertz CT molecular complexity index is 618. The van der Waals surface area contributed by atoms with Crippen LogP contribution in [0.1, 0.15) is 11.9 Å². The van der Waals surface area contributed by atoms with Gasteiger partial charge in [-0.3, -0.25) is 4.90 Å². The summed E-state index contributed by atoms with van der Waals surface area (Å²) in [5, 5.41) is 4.13. The third kappa shape index (κ3) is 2.57. The molecular weight excluding hydrogens is 340 g/mol. The number of hydrogen-bond acceptors (Lipinski definition) is 6. The Morgan fingerprint density at radius 3 is 3.15 bits per heavy atom. The number of benzene rings is 1. The first-order valence-corrected chi connectivity index (χ1v) is 8.27. The minimum Gasteiger partial charge on any atom is -0.397 e. The van der Waals surface area contributed by atoms with Gasteiger partial charge in [0.15, 0.2) is 5.82 Å². The maximum Gasteiger partial charge on any atom is 0.260 e. The molecule has 3 rings (SSSR count). The number of hydrogen-bond donors (Lipinski definition) is 1. The van der Waals surface area contributed by atoms with E-state index in [4.69, 9.17) is 10.3 Å². The van der Waals surface area contributed by atoms with Crippen molar-refractivity contribution in [2.75, 3.05) is 30.8 Å². The number of nitrogens with zero attached hydrogens (tertiary/aromatic N) is 3. The van der Waals surface area contributed by atoms with Gasteiger partial charge in [-0.15, -0.1) is 0 Å². The first kappa shape index (κ1) is 13.9. The second-order valence-corrected chi connectivity index (χ2v) is 6.73. The summed E-state index contributed by atoms with van der Waals surface area (Å²) >= 11 is 5.33. The van der Waals surface area contributed by atoms with Crippen molar-refractivity contribution in [1.29, 1.82) is 0 Å². The molecule has 0 amide bonds. The van der Waals surface area contributed by atoms with Crippen LogP contribution in [-0.2, 0) is 0 Å². The standard InChI is InChI=1S/C13H15BrN4OS/c1-18-5-6-20-7-10(18)12-16-13(19-17-12)8-3-2-4-9(14)11(8)15/h2-4,10H,5-7,15H2,1H3. The Kier molecular flexibility index (Phi) is 4.00. The van der Waals surface area contributed by atoms with E-state index >= 15 is 0 Å². The molecule has 5 nitrogen and oxygen atoms in total. The van der Waals surface area contributed by atoms with Gasteiger partial charge in [0.05, 0.1) is 17.3 Å². The molecule has 7 heteroatoms. The van der Waals surface area contributed by atoms with E-state index in [1.54, 1.807) is 0 Å². The highest BCUT2D eigenvalue weighted by Gasteiger charge is 2.26. The quantitative estimate of drug-likeness (QED) is 0.836. The molecule has 1 fully saturated rings. The van der Waals surface area contributed by atoms with Gasteiger partial charge in [-0.1, -0.05) is 11.2 Å². The number of thioether (sulfide) groups is 1. The molecule has 0 aliphatic carbocycles. The molecule has 1 saturated heterocycles. The van der Waals surface area contributed by atoms with Crippen molar-refractivity contribution in [1.82, 2.24) is 15.0 Å². The lowest BCUT2D eigenvalue weighted by atomic mass is 10.2. The van der Waals surface area contributed by atoms with Crippen LogP contribution in [0.2, 0.25) is 0 Å². The van der Waals surface area contributed by atoms with Crippen LogP contribution in [0.15, 0.2) is 27.2 Å². The monoisotopic (exact) mass is 354 g/mol. The topological polar surface area (TPSA) is 68.2 Å². The molecule has 2 aromatic rings. The number of anilines is 1. The molecule has 0 radical (unpaired) electrons. The van der Waals surface area contributed by atoms with Crippen molar-refractivity contribution in [2.45, 2.75) is 6.04 Å². The molecule has 106 valence electrons. The lowest BCUT2D eigenvalue weighted by Crippen LogP contribution is -2.33. The maximum absolute atomic E-state index is 6.04. The summed E-state index contributed by atoms with van der Waals surface area (Å²) in [4.78, 5) is 6.78. The number of para-hydroxylation sites is 1. The molecule has 1 atom stereocenters. The van der Waals surface area contributed by atoms with Gasteiger partial charge >= 0.3 is 0 Å². The fourth-order valence-corrected chi connectivity index (χ4v) is 3.74. The Balaban J connectivity index is 1.92. The molecule has 2 heterocycles. The fraction of sp³-hybridized carbons (Fsp3) is 0.385. The van der Waals surface area contributed by atoms with Gasteiger partial charge in [0.2, 0.25) is 0 Å². The van der Waals surface area contributed by atoms with Crippen molar-refractivity contribution in [2.24, 2.45) is 0 Å². The molecule has 0 spiro atoms. The van der Waals surface area contributed by atoms with Gasteiger partial charge in [0.1, 0.15) is 0 Å². The summed E-state index contributed by atoms with van der Waals surface area (Å²) in [5.74, 6) is 3.34. The lowest BCUT2D eigenvalue weighted by Gasteiger charge is -2.29. The van der Waals surface area contributed by atoms with E-state index in [2.05, 4.69) is 38.0 Å². The Morgan fingerprint density at radius 1 is 1.50 bits per heavy atom.